The zero-order valence-electron chi connectivity index (χ0n) is 11.7. The fourth-order valence-electron chi connectivity index (χ4n) is 2.78. The summed E-state index contributed by atoms with van der Waals surface area (Å²) in [6.45, 7) is 4.45. The van der Waals surface area contributed by atoms with E-state index in [1.165, 1.54) is 6.07 Å². The van der Waals surface area contributed by atoms with Crippen molar-refractivity contribution >= 4 is 0 Å². The second-order valence-electron chi connectivity index (χ2n) is 5.56. The van der Waals surface area contributed by atoms with Gasteiger partial charge in [-0.3, -0.25) is 4.90 Å². The highest BCUT2D eigenvalue weighted by Gasteiger charge is 2.36. The molecule has 3 nitrogen and oxygen atoms in total. The van der Waals surface area contributed by atoms with Gasteiger partial charge in [-0.25, -0.2) is 4.39 Å². The van der Waals surface area contributed by atoms with Gasteiger partial charge in [0.1, 0.15) is 5.82 Å². The van der Waals surface area contributed by atoms with Crippen LogP contribution in [0.5, 0.6) is 0 Å². The lowest BCUT2D eigenvalue weighted by Gasteiger charge is -2.38. The molecule has 2 N–H and O–H groups in total. The van der Waals surface area contributed by atoms with Crippen molar-refractivity contribution in [3.05, 3.63) is 35.6 Å². The molecule has 0 aliphatic carbocycles. The summed E-state index contributed by atoms with van der Waals surface area (Å²) in [6, 6.07) is 6.94. The van der Waals surface area contributed by atoms with Crippen LogP contribution in [-0.4, -0.2) is 43.3 Å². The van der Waals surface area contributed by atoms with E-state index >= 15 is 0 Å². The molecule has 0 spiro atoms. The molecule has 1 heterocycles. The Hall–Kier alpha value is -0.970. The van der Waals surface area contributed by atoms with Crippen LogP contribution in [-0.2, 0) is 11.2 Å². The SMILES string of the molecule is COC1CCN(C(C)(CN)Cc2ccccc2F)C1. The molecule has 0 radical (unpaired) electrons. The first kappa shape index (κ1) is 14.4. The van der Waals surface area contributed by atoms with Crippen LogP contribution in [0, 0.1) is 5.82 Å². The van der Waals surface area contributed by atoms with Crippen LogP contribution < -0.4 is 5.73 Å². The first-order valence-electron chi connectivity index (χ1n) is 6.80. The Morgan fingerprint density at radius 3 is 2.79 bits per heavy atom. The van der Waals surface area contributed by atoms with Crippen LogP contribution in [0.1, 0.15) is 18.9 Å². The van der Waals surface area contributed by atoms with E-state index in [0.29, 0.717) is 13.0 Å². The molecule has 19 heavy (non-hydrogen) atoms. The average molecular weight is 266 g/mol. The number of nitrogens with zero attached hydrogens (tertiary/aromatic N) is 1. The molecule has 1 saturated heterocycles. The van der Waals surface area contributed by atoms with Crippen molar-refractivity contribution in [1.29, 1.82) is 0 Å². The van der Waals surface area contributed by atoms with E-state index in [9.17, 15) is 4.39 Å². The largest absolute Gasteiger partial charge is 0.380 e. The van der Waals surface area contributed by atoms with Gasteiger partial charge >= 0.3 is 0 Å². The summed E-state index contributed by atoms with van der Waals surface area (Å²) in [5.41, 5.74) is 6.49. The van der Waals surface area contributed by atoms with Gasteiger partial charge in [0.2, 0.25) is 0 Å². The van der Waals surface area contributed by atoms with Gasteiger partial charge in [-0.05, 0) is 31.4 Å². The van der Waals surface area contributed by atoms with Gasteiger partial charge in [-0.2, -0.15) is 0 Å². The lowest BCUT2D eigenvalue weighted by molar-refractivity contribution is 0.0799. The second kappa shape index (κ2) is 5.99. The Balaban J connectivity index is 2.12. The molecule has 1 aromatic rings. The van der Waals surface area contributed by atoms with E-state index in [4.69, 9.17) is 10.5 Å². The highest BCUT2D eigenvalue weighted by molar-refractivity contribution is 5.20. The lowest BCUT2D eigenvalue weighted by Crippen LogP contribution is -2.52. The van der Waals surface area contributed by atoms with Gasteiger partial charge in [0.05, 0.1) is 6.10 Å². The normalized spacial score (nSPS) is 23.5. The van der Waals surface area contributed by atoms with Gasteiger partial charge in [0.25, 0.3) is 0 Å². The van der Waals surface area contributed by atoms with Crippen molar-refractivity contribution in [2.45, 2.75) is 31.4 Å². The molecule has 2 atom stereocenters. The summed E-state index contributed by atoms with van der Waals surface area (Å²) in [4.78, 5) is 2.33. The fourth-order valence-corrected chi connectivity index (χ4v) is 2.78. The third-order valence-corrected chi connectivity index (χ3v) is 4.21. The molecule has 0 aromatic heterocycles. The smallest absolute Gasteiger partial charge is 0.126 e. The number of methoxy groups -OCH3 is 1. The minimum atomic E-state index is -0.213. The highest BCUT2D eigenvalue weighted by atomic mass is 19.1. The molecule has 0 saturated carbocycles. The molecule has 2 unspecified atom stereocenters. The Morgan fingerprint density at radius 1 is 1.47 bits per heavy atom. The number of ether oxygens (including phenoxy) is 1. The molecule has 0 bridgehead atoms. The predicted molar refractivity (Wildman–Crippen MR) is 74.6 cm³/mol. The first-order chi connectivity index (χ1) is 9.09. The number of hydrogen-bond acceptors (Lipinski definition) is 3. The topological polar surface area (TPSA) is 38.5 Å². The van der Waals surface area contributed by atoms with E-state index in [2.05, 4.69) is 11.8 Å². The van der Waals surface area contributed by atoms with E-state index in [1.54, 1.807) is 13.2 Å². The molecule has 1 aliphatic rings. The van der Waals surface area contributed by atoms with Crippen LogP contribution >= 0.6 is 0 Å². The van der Waals surface area contributed by atoms with E-state index in [-0.39, 0.29) is 17.5 Å². The molecule has 1 fully saturated rings. The molecule has 2 rings (SSSR count). The summed E-state index contributed by atoms with van der Waals surface area (Å²) in [6.07, 6.45) is 1.92. The van der Waals surface area contributed by atoms with Crippen molar-refractivity contribution < 1.29 is 9.13 Å². The molecular weight excluding hydrogens is 243 g/mol. The fraction of sp³-hybridized carbons (Fsp3) is 0.600. The van der Waals surface area contributed by atoms with Crippen molar-refractivity contribution in [2.75, 3.05) is 26.7 Å². The van der Waals surface area contributed by atoms with Crippen molar-refractivity contribution in [1.82, 2.24) is 4.90 Å². The lowest BCUT2D eigenvalue weighted by atomic mass is 9.91. The Labute approximate surface area is 114 Å². The Bertz CT molecular complexity index is 426. The maximum absolute atomic E-state index is 13.8. The van der Waals surface area contributed by atoms with Crippen LogP contribution in [0.3, 0.4) is 0 Å². The number of benzene rings is 1. The number of halogens is 1. The minimum Gasteiger partial charge on any atom is -0.380 e. The van der Waals surface area contributed by atoms with Crippen LogP contribution in [0.25, 0.3) is 0 Å². The van der Waals surface area contributed by atoms with Crippen LogP contribution in [0.4, 0.5) is 4.39 Å². The van der Waals surface area contributed by atoms with Gasteiger partial charge in [-0.1, -0.05) is 18.2 Å². The van der Waals surface area contributed by atoms with E-state index in [1.807, 2.05) is 12.1 Å². The predicted octanol–water partition coefficient (Wildman–Crippen LogP) is 1.81. The number of hydrogen-bond donors (Lipinski definition) is 1. The quantitative estimate of drug-likeness (QED) is 0.883. The molecule has 1 aliphatic heterocycles. The van der Waals surface area contributed by atoms with Crippen LogP contribution in [0.15, 0.2) is 24.3 Å². The highest BCUT2D eigenvalue weighted by Crippen LogP contribution is 2.26. The number of rotatable bonds is 5. The molecule has 4 heteroatoms. The van der Waals surface area contributed by atoms with Gasteiger partial charge in [-0.15, -0.1) is 0 Å². The molecular formula is C15H23FN2O. The summed E-state index contributed by atoms with van der Waals surface area (Å²) < 4.78 is 19.2. The third kappa shape index (κ3) is 3.14. The van der Waals surface area contributed by atoms with Gasteiger partial charge in [0, 0.05) is 32.3 Å². The zero-order chi connectivity index (χ0) is 13.9. The van der Waals surface area contributed by atoms with Gasteiger partial charge < -0.3 is 10.5 Å². The number of nitrogens with two attached hydrogens (primary N) is 1. The van der Waals surface area contributed by atoms with Crippen molar-refractivity contribution in [3.63, 3.8) is 0 Å². The summed E-state index contributed by atoms with van der Waals surface area (Å²) >= 11 is 0. The van der Waals surface area contributed by atoms with E-state index < -0.39 is 0 Å². The standard InChI is InChI=1S/C15H23FN2O/c1-15(11-17,18-8-7-13(10-18)19-2)9-12-5-3-4-6-14(12)16/h3-6,13H,7-11,17H2,1-2H3. The van der Waals surface area contributed by atoms with Crippen molar-refractivity contribution in [3.8, 4) is 0 Å². The van der Waals surface area contributed by atoms with Gasteiger partial charge in [0.15, 0.2) is 0 Å². The zero-order valence-corrected chi connectivity index (χ0v) is 11.7. The van der Waals surface area contributed by atoms with Crippen molar-refractivity contribution in [2.24, 2.45) is 5.73 Å². The van der Waals surface area contributed by atoms with E-state index in [0.717, 1.165) is 25.1 Å². The molecule has 106 valence electrons. The summed E-state index contributed by atoms with van der Waals surface area (Å²) in [5.74, 6) is -0.148. The monoisotopic (exact) mass is 266 g/mol. The summed E-state index contributed by atoms with van der Waals surface area (Å²) in [7, 11) is 1.74. The average Bonchev–Trinajstić information content (AvgIpc) is 2.91. The Kier molecular flexibility index (Phi) is 4.55. The molecule has 1 aromatic carbocycles. The summed E-state index contributed by atoms with van der Waals surface area (Å²) in [5, 5.41) is 0. The maximum Gasteiger partial charge on any atom is 0.126 e. The van der Waals surface area contributed by atoms with Crippen LogP contribution in [0.2, 0.25) is 0 Å². The minimum absolute atomic E-state index is 0.148. The molecule has 0 amide bonds. The third-order valence-electron chi connectivity index (χ3n) is 4.21. The first-order valence-corrected chi connectivity index (χ1v) is 6.80. The Morgan fingerprint density at radius 2 is 2.21 bits per heavy atom. The number of likely N-dealkylation sites (tertiary alicyclic amines) is 1. The second-order valence-corrected chi connectivity index (χ2v) is 5.56. The maximum atomic E-state index is 13.8.